The molecule has 0 spiro atoms. The zero-order chi connectivity index (χ0) is 38.9. The molecule has 4 aromatic rings. The molecule has 2 bridgehead atoms. The molecule has 11 heteroatoms. The average Bonchev–Trinajstić information content (AvgIpc) is 4.08. The predicted octanol–water partition coefficient (Wildman–Crippen LogP) is 7.66. The zero-order valence-electron chi connectivity index (χ0n) is 32.6. The van der Waals surface area contributed by atoms with Crippen molar-refractivity contribution in [1.29, 1.82) is 0 Å². The minimum Gasteiger partial charge on any atom is -0.453 e. The van der Waals surface area contributed by atoms with Gasteiger partial charge in [0.2, 0.25) is 11.8 Å². The van der Waals surface area contributed by atoms with Gasteiger partial charge < -0.3 is 25.3 Å². The molecule has 4 heterocycles. The normalized spacial score (nSPS) is 23.2. The first-order valence-electron chi connectivity index (χ1n) is 20.0. The summed E-state index contributed by atoms with van der Waals surface area (Å²) in [5.41, 5.74) is 9.66. The third-order valence-corrected chi connectivity index (χ3v) is 12.6. The molecular weight excluding hydrogens is 703 g/mol. The van der Waals surface area contributed by atoms with Crippen LogP contribution in [0, 0.1) is 36.5 Å². The molecule has 56 heavy (non-hydrogen) atoms. The third-order valence-electron chi connectivity index (χ3n) is 12.6. The SMILES string of the molecule is COC(=O)N[C@H](C(=O)N1CCC[C@H]1c1ncc(-c2ccc(-c3ccc(C4=CN=C([C@@H]5C6CCC(C6)[C@H]5C(=O)NCc5cccnc5C)C4)cc3)cc2)[nH]1)C(C)C. The lowest BCUT2D eigenvalue weighted by Crippen LogP contribution is -2.51. The van der Waals surface area contributed by atoms with E-state index in [-0.39, 0.29) is 35.6 Å². The van der Waals surface area contributed by atoms with Gasteiger partial charge in [-0.25, -0.2) is 9.78 Å². The van der Waals surface area contributed by atoms with Crippen molar-refractivity contribution >= 4 is 29.2 Å². The van der Waals surface area contributed by atoms with Crippen molar-refractivity contribution in [2.24, 2.45) is 34.6 Å². The second kappa shape index (κ2) is 15.9. The van der Waals surface area contributed by atoms with Crippen molar-refractivity contribution < 1.29 is 19.1 Å². The lowest BCUT2D eigenvalue weighted by molar-refractivity contribution is -0.135. The molecule has 3 fully saturated rings. The molecule has 6 atom stereocenters. The van der Waals surface area contributed by atoms with Crippen molar-refractivity contribution in [2.75, 3.05) is 13.7 Å². The summed E-state index contributed by atoms with van der Waals surface area (Å²) in [5, 5.41) is 5.95. The lowest BCUT2D eigenvalue weighted by atomic mass is 9.75. The maximum atomic E-state index is 13.6. The van der Waals surface area contributed by atoms with Crippen molar-refractivity contribution in [3.8, 4) is 22.4 Å². The Kier molecular flexibility index (Phi) is 10.6. The maximum Gasteiger partial charge on any atom is 0.407 e. The van der Waals surface area contributed by atoms with Gasteiger partial charge in [-0.3, -0.25) is 19.6 Å². The van der Waals surface area contributed by atoms with E-state index in [1.54, 1.807) is 6.20 Å². The second-order valence-electron chi connectivity index (χ2n) is 16.2. The Hall–Kier alpha value is -5.58. The number of ether oxygens (including phenoxy) is 1. The highest BCUT2D eigenvalue weighted by atomic mass is 16.5. The van der Waals surface area contributed by atoms with Crippen molar-refractivity contribution in [3.05, 3.63) is 102 Å². The fourth-order valence-electron chi connectivity index (χ4n) is 9.54. The van der Waals surface area contributed by atoms with E-state index >= 15 is 0 Å². The van der Waals surface area contributed by atoms with Gasteiger partial charge in [-0.05, 0) is 96.2 Å². The van der Waals surface area contributed by atoms with E-state index in [4.69, 9.17) is 14.7 Å². The van der Waals surface area contributed by atoms with Crippen LogP contribution in [0.5, 0.6) is 0 Å². The van der Waals surface area contributed by atoms with Gasteiger partial charge in [-0.2, -0.15) is 0 Å². The number of alkyl carbamates (subject to hydrolysis) is 1. The fraction of sp³-hybridized carbons (Fsp3) is 0.422. The molecule has 2 aliphatic heterocycles. The molecule has 290 valence electrons. The number of carbonyl (C=O) groups is 3. The van der Waals surface area contributed by atoms with Crippen LogP contribution < -0.4 is 10.6 Å². The summed E-state index contributed by atoms with van der Waals surface area (Å²) in [4.78, 5) is 58.5. The van der Waals surface area contributed by atoms with Gasteiger partial charge in [0.1, 0.15) is 11.9 Å². The third kappa shape index (κ3) is 7.39. The van der Waals surface area contributed by atoms with Crippen LogP contribution in [0.4, 0.5) is 4.79 Å². The molecule has 2 saturated carbocycles. The highest BCUT2D eigenvalue weighted by Crippen LogP contribution is 2.54. The van der Waals surface area contributed by atoms with Crippen LogP contribution in [-0.2, 0) is 20.9 Å². The van der Waals surface area contributed by atoms with Gasteiger partial charge >= 0.3 is 6.09 Å². The molecule has 2 aromatic carbocycles. The molecule has 3 N–H and O–H groups in total. The molecule has 2 aromatic heterocycles. The van der Waals surface area contributed by atoms with Crippen molar-refractivity contribution in [2.45, 2.75) is 77.9 Å². The number of aryl methyl sites for hydroxylation is 1. The van der Waals surface area contributed by atoms with E-state index in [1.807, 2.05) is 50.2 Å². The Labute approximate surface area is 328 Å². The maximum absolute atomic E-state index is 13.6. The summed E-state index contributed by atoms with van der Waals surface area (Å²) in [6.07, 6.45) is 10.9. The van der Waals surface area contributed by atoms with Gasteiger partial charge in [-0.15, -0.1) is 0 Å². The Morgan fingerprint density at radius 1 is 0.929 bits per heavy atom. The Morgan fingerprint density at radius 3 is 2.36 bits per heavy atom. The van der Waals surface area contributed by atoms with Crippen LogP contribution in [0.2, 0.25) is 0 Å². The number of allylic oxidation sites excluding steroid dienone is 1. The number of imidazole rings is 1. The van der Waals surface area contributed by atoms with E-state index in [2.05, 4.69) is 69.1 Å². The number of benzene rings is 2. The number of aromatic nitrogens is 3. The molecule has 2 unspecified atom stereocenters. The van der Waals surface area contributed by atoms with Gasteiger partial charge in [0.25, 0.3) is 0 Å². The van der Waals surface area contributed by atoms with Gasteiger partial charge in [0.15, 0.2) is 0 Å². The van der Waals surface area contributed by atoms with E-state index in [9.17, 15) is 14.4 Å². The topological polar surface area (TPSA) is 142 Å². The number of carbonyl (C=O) groups excluding carboxylic acids is 3. The number of aliphatic imine (C=N–C) groups is 1. The van der Waals surface area contributed by atoms with Crippen LogP contribution in [-0.4, -0.2) is 63.2 Å². The molecule has 4 aliphatic rings. The number of aromatic amines is 1. The number of likely N-dealkylation sites (tertiary alicyclic amines) is 1. The predicted molar refractivity (Wildman–Crippen MR) is 216 cm³/mol. The smallest absolute Gasteiger partial charge is 0.407 e. The molecule has 8 rings (SSSR count). The molecular formula is C45H51N7O4. The number of hydrogen-bond acceptors (Lipinski definition) is 7. The first-order chi connectivity index (χ1) is 27.2. The van der Waals surface area contributed by atoms with Crippen LogP contribution in [0.1, 0.15) is 81.1 Å². The van der Waals surface area contributed by atoms with E-state index in [1.165, 1.54) is 19.1 Å². The number of fused-ring (bicyclic) bond motifs is 2. The number of rotatable bonds is 11. The van der Waals surface area contributed by atoms with Gasteiger partial charge in [-0.1, -0.05) is 68.4 Å². The average molecular weight is 754 g/mol. The van der Waals surface area contributed by atoms with Crippen molar-refractivity contribution in [3.63, 3.8) is 0 Å². The Morgan fingerprint density at radius 2 is 1.64 bits per heavy atom. The molecule has 2 aliphatic carbocycles. The van der Waals surface area contributed by atoms with E-state index < -0.39 is 12.1 Å². The molecule has 3 amide bonds. The van der Waals surface area contributed by atoms with Gasteiger partial charge in [0.05, 0.1) is 25.0 Å². The van der Waals surface area contributed by atoms with E-state index in [0.717, 1.165) is 82.8 Å². The summed E-state index contributed by atoms with van der Waals surface area (Å²) in [6.45, 7) is 6.93. The second-order valence-corrected chi connectivity index (χ2v) is 16.2. The number of nitrogens with zero attached hydrogens (tertiary/aromatic N) is 4. The largest absolute Gasteiger partial charge is 0.453 e. The highest BCUT2D eigenvalue weighted by molar-refractivity contribution is 6.02. The number of methoxy groups -OCH3 is 1. The lowest BCUT2D eigenvalue weighted by Gasteiger charge is -2.30. The zero-order valence-corrected chi connectivity index (χ0v) is 32.6. The minimum atomic E-state index is -0.673. The van der Waals surface area contributed by atoms with E-state index in [0.29, 0.717) is 24.9 Å². The first-order valence-corrected chi connectivity index (χ1v) is 20.0. The molecule has 1 saturated heterocycles. The van der Waals surface area contributed by atoms with Crippen LogP contribution in [0.25, 0.3) is 28.0 Å². The highest BCUT2D eigenvalue weighted by Gasteiger charge is 2.52. The van der Waals surface area contributed by atoms with Gasteiger partial charge in [0, 0.05) is 55.1 Å². The Bertz CT molecular complexity index is 2150. The summed E-state index contributed by atoms with van der Waals surface area (Å²) in [7, 11) is 1.30. The number of amides is 3. The molecule has 0 radical (unpaired) electrons. The first kappa shape index (κ1) is 37.3. The summed E-state index contributed by atoms with van der Waals surface area (Å²) >= 11 is 0. The number of H-pyrrole nitrogens is 1. The summed E-state index contributed by atoms with van der Waals surface area (Å²) in [6, 6.07) is 20.2. The standard InChI is InChI=1S/C45H51N7O4/c1-26(2)41(51-45(55)56-4)44(54)52-20-6-8-38(52)42-48-25-37(50-42)31-15-13-29(14-16-31)28-9-11-30(12-10-28)35-22-36(47-24-35)39-32-17-18-33(21-32)40(39)43(53)49-23-34-7-5-19-46-27(34)3/h5,7,9-16,19,24-26,32-33,38-41H,6,8,17-18,20-23H2,1-4H3,(H,48,50)(H,49,53)(H,51,55)/t32?,33?,38-,39-,40+,41-/m0/s1. The Balaban J connectivity index is 0.888. The number of nitrogens with one attached hydrogen (secondary N) is 3. The molecule has 11 nitrogen and oxygen atoms in total. The van der Waals surface area contributed by atoms with Crippen LogP contribution >= 0.6 is 0 Å². The number of hydrogen-bond donors (Lipinski definition) is 3. The summed E-state index contributed by atoms with van der Waals surface area (Å²) < 4.78 is 4.77. The summed E-state index contributed by atoms with van der Waals surface area (Å²) in [5.74, 6) is 1.83. The minimum absolute atomic E-state index is 0.0168. The fourth-order valence-corrected chi connectivity index (χ4v) is 9.54. The monoisotopic (exact) mass is 753 g/mol. The quantitative estimate of drug-likeness (QED) is 0.144. The number of pyridine rings is 1. The van der Waals surface area contributed by atoms with Crippen molar-refractivity contribution in [1.82, 2.24) is 30.5 Å². The van der Waals surface area contributed by atoms with Crippen LogP contribution in [0.3, 0.4) is 0 Å². The van der Waals surface area contributed by atoms with Crippen LogP contribution in [0.15, 0.2) is 84.2 Å².